The van der Waals surface area contributed by atoms with Crippen molar-refractivity contribution in [1.82, 2.24) is 10.2 Å². The van der Waals surface area contributed by atoms with Crippen molar-refractivity contribution in [2.24, 2.45) is 5.41 Å². The number of nitrogens with one attached hydrogen (secondary N) is 1. The molecule has 0 bridgehead atoms. The first-order valence-corrected chi connectivity index (χ1v) is 5.55. The van der Waals surface area contributed by atoms with Crippen LogP contribution >= 0.6 is 0 Å². The van der Waals surface area contributed by atoms with E-state index in [1.165, 1.54) is 7.11 Å². The van der Waals surface area contributed by atoms with Gasteiger partial charge in [-0.15, -0.1) is 0 Å². The van der Waals surface area contributed by atoms with Crippen molar-refractivity contribution >= 4 is 17.8 Å². The molecule has 0 radical (unpaired) electrons. The number of rotatable bonds is 3. The van der Waals surface area contributed by atoms with Crippen molar-refractivity contribution in [3.63, 3.8) is 0 Å². The SMILES string of the molecule is COC(C)(C)CN1C(=O)NC(=O)C2(CC2)C1=O. The van der Waals surface area contributed by atoms with Crippen LogP contribution in [-0.4, -0.2) is 42.0 Å². The largest absolute Gasteiger partial charge is 0.377 e. The monoisotopic (exact) mass is 240 g/mol. The van der Waals surface area contributed by atoms with E-state index >= 15 is 0 Å². The summed E-state index contributed by atoms with van der Waals surface area (Å²) in [6.07, 6.45) is 1.05. The van der Waals surface area contributed by atoms with E-state index in [0.29, 0.717) is 12.8 Å². The maximum Gasteiger partial charge on any atom is 0.330 e. The molecule has 2 aliphatic rings. The van der Waals surface area contributed by atoms with E-state index < -0.39 is 28.9 Å². The van der Waals surface area contributed by atoms with Crippen molar-refractivity contribution in [1.29, 1.82) is 0 Å². The van der Waals surface area contributed by atoms with Crippen LogP contribution in [-0.2, 0) is 14.3 Å². The molecule has 2 rings (SSSR count). The Hall–Kier alpha value is -1.43. The number of urea groups is 1. The van der Waals surface area contributed by atoms with Gasteiger partial charge in [0.25, 0.3) is 0 Å². The lowest BCUT2D eigenvalue weighted by Gasteiger charge is -2.35. The molecule has 6 heteroatoms. The van der Waals surface area contributed by atoms with Crippen molar-refractivity contribution in [3.8, 4) is 0 Å². The first-order valence-electron chi connectivity index (χ1n) is 5.55. The molecular formula is C11H16N2O4. The molecule has 0 aromatic carbocycles. The molecular weight excluding hydrogens is 224 g/mol. The molecule has 1 aliphatic carbocycles. The smallest absolute Gasteiger partial charge is 0.330 e. The summed E-state index contributed by atoms with van der Waals surface area (Å²) in [6, 6.07) is -0.650. The number of carbonyl (C=O) groups excluding carboxylic acids is 3. The Balaban J connectivity index is 2.20. The van der Waals surface area contributed by atoms with Gasteiger partial charge in [-0.3, -0.25) is 19.8 Å². The molecule has 0 aromatic rings. The van der Waals surface area contributed by atoms with Gasteiger partial charge in [0.05, 0.1) is 12.1 Å². The minimum atomic E-state index is -0.974. The fourth-order valence-corrected chi connectivity index (χ4v) is 1.89. The van der Waals surface area contributed by atoms with E-state index in [4.69, 9.17) is 4.74 Å². The Labute approximate surface area is 99.3 Å². The lowest BCUT2D eigenvalue weighted by molar-refractivity contribution is -0.147. The second-order valence-electron chi connectivity index (χ2n) is 5.20. The van der Waals surface area contributed by atoms with Gasteiger partial charge in [-0.25, -0.2) is 4.79 Å². The number of hydrogen-bond donors (Lipinski definition) is 1. The molecule has 0 aromatic heterocycles. The quantitative estimate of drug-likeness (QED) is 0.718. The third-order valence-electron chi connectivity index (χ3n) is 3.40. The minimum Gasteiger partial charge on any atom is -0.377 e. The van der Waals surface area contributed by atoms with Crippen LogP contribution in [0.1, 0.15) is 26.7 Å². The van der Waals surface area contributed by atoms with Gasteiger partial charge >= 0.3 is 6.03 Å². The molecule has 2 fully saturated rings. The van der Waals surface area contributed by atoms with E-state index in [-0.39, 0.29) is 6.54 Å². The first-order chi connectivity index (χ1) is 7.82. The maximum atomic E-state index is 12.1. The predicted molar refractivity (Wildman–Crippen MR) is 58.0 cm³/mol. The van der Waals surface area contributed by atoms with E-state index in [9.17, 15) is 14.4 Å². The third kappa shape index (κ3) is 1.82. The number of ether oxygens (including phenoxy) is 1. The lowest BCUT2D eigenvalue weighted by Crippen LogP contribution is -2.61. The summed E-state index contributed by atoms with van der Waals surface area (Å²) in [5.74, 6) is -0.852. The average Bonchev–Trinajstić information content (AvgIpc) is 3.04. The molecule has 94 valence electrons. The second-order valence-corrected chi connectivity index (χ2v) is 5.20. The number of methoxy groups -OCH3 is 1. The van der Waals surface area contributed by atoms with Crippen LogP contribution in [0.2, 0.25) is 0 Å². The second kappa shape index (κ2) is 3.53. The zero-order valence-corrected chi connectivity index (χ0v) is 10.2. The normalized spacial score (nSPS) is 23.0. The summed E-state index contributed by atoms with van der Waals surface area (Å²) >= 11 is 0. The van der Waals surface area contributed by atoms with Gasteiger partial charge in [-0.1, -0.05) is 0 Å². The van der Waals surface area contributed by atoms with Crippen LogP contribution in [0.3, 0.4) is 0 Å². The molecule has 4 amide bonds. The van der Waals surface area contributed by atoms with Crippen LogP contribution in [0, 0.1) is 5.41 Å². The van der Waals surface area contributed by atoms with Crippen LogP contribution in [0.4, 0.5) is 4.79 Å². The summed E-state index contributed by atoms with van der Waals surface area (Å²) in [5.41, 5.74) is -1.60. The molecule has 0 unspecified atom stereocenters. The maximum absolute atomic E-state index is 12.1. The van der Waals surface area contributed by atoms with Gasteiger partial charge in [-0.05, 0) is 26.7 Å². The summed E-state index contributed by atoms with van der Waals surface area (Å²) in [5, 5.41) is 2.23. The highest BCUT2D eigenvalue weighted by molar-refractivity contribution is 6.20. The highest BCUT2D eigenvalue weighted by atomic mass is 16.5. The van der Waals surface area contributed by atoms with Crippen molar-refractivity contribution in [2.75, 3.05) is 13.7 Å². The van der Waals surface area contributed by atoms with Gasteiger partial charge < -0.3 is 4.74 Å². The van der Waals surface area contributed by atoms with Gasteiger partial charge in [0.2, 0.25) is 11.8 Å². The van der Waals surface area contributed by atoms with Crippen LogP contribution in [0.15, 0.2) is 0 Å². The summed E-state index contributed by atoms with van der Waals surface area (Å²) < 4.78 is 5.19. The lowest BCUT2D eigenvalue weighted by atomic mass is 10.00. The van der Waals surface area contributed by atoms with Crippen LogP contribution in [0.5, 0.6) is 0 Å². The Morgan fingerprint density at radius 1 is 1.35 bits per heavy atom. The number of imide groups is 2. The molecule has 1 heterocycles. The molecule has 1 aliphatic heterocycles. The molecule has 6 nitrogen and oxygen atoms in total. The zero-order chi connectivity index (χ0) is 12.8. The molecule has 0 atom stereocenters. The average molecular weight is 240 g/mol. The fraction of sp³-hybridized carbons (Fsp3) is 0.727. The third-order valence-corrected chi connectivity index (χ3v) is 3.40. The topological polar surface area (TPSA) is 75.7 Å². The number of nitrogens with zero attached hydrogens (tertiary/aromatic N) is 1. The Morgan fingerprint density at radius 2 is 1.94 bits per heavy atom. The van der Waals surface area contributed by atoms with Crippen LogP contribution < -0.4 is 5.32 Å². The Bertz CT molecular complexity index is 398. The van der Waals surface area contributed by atoms with E-state index in [0.717, 1.165) is 4.90 Å². The molecule has 1 saturated carbocycles. The number of carbonyl (C=O) groups is 3. The van der Waals surface area contributed by atoms with Crippen LogP contribution in [0.25, 0.3) is 0 Å². The minimum absolute atomic E-state index is 0.142. The molecule has 1 spiro atoms. The molecule has 1 saturated heterocycles. The van der Waals surface area contributed by atoms with Gasteiger partial charge in [-0.2, -0.15) is 0 Å². The van der Waals surface area contributed by atoms with Gasteiger partial charge in [0, 0.05) is 7.11 Å². The van der Waals surface area contributed by atoms with Gasteiger partial charge in [0.1, 0.15) is 5.41 Å². The van der Waals surface area contributed by atoms with E-state index in [2.05, 4.69) is 5.32 Å². The van der Waals surface area contributed by atoms with E-state index in [1.54, 1.807) is 13.8 Å². The first kappa shape index (κ1) is 12.0. The van der Waals surface area contributed by atoms with Gasteiger partial charge in [0.15, 0.2) is 0 Å². The highest BCUT2D eigenvalue weighted by Gasteiger charge is 2.62. The Morgan fingerprint density at radius 3 is 2.41 bits per heavy atom. The highest BCUT2D eigenvalue weighted by Crippen LogP contribution is 2.49. The van der Waals surface area contributed by atoms with Crippen molar-refractivity contribution in [2.45, 2.75) is 32.3 Å². The number of hydrogen-bond acceptors (Lipinski definition) is 4. The number of barbiturate groups is 1. The van der Waals surface area contributed by atoms with Crippen molar-refractivity contribution in [3.05, 3.63) is 0 Å². The van der Waals surface area contributed by atoms with Crippen molar-refractivity contribution < 1.29 is 19.1 Å². The number of amides is 4. The van der Waals surface area contributed by atoms with E-state index in [1.807, 2.05) is 0 Å². The summed E-state index contributed by atoms with van der Waals surface area (Å²) in [6.45, 7) is 3.70. The summed E-state index contributed by atoms with van der Waals surface area (Å²) in [4.78, 5) is 36.4. The molecule has 17 heavy (non-hydrogen) atoms. The zero-order valence-electron chi connectivity index (χ0n) is 10.2. The Kier molecular flexibility index (Phi) is 2.50. The molecule has 1 N–H and O–H groups in total. The fourth-order valence-electron chi connectivity index (χ4n) is 1.89. The standard InChI is InChI=1S/C11H16N2O4/c1-10(2,17-3)6-13-8(15)11(4-5-11)7(14)12-9(13)16/h4-6H2,1-3H3,(H,12,14,16). The summed E-state index contributed by atoms with van der Waals surface area (Å²) in [7, 11) is 1.52. The predicted octanol–water partition coefficient (Wildman–Crippen LogP) is 0.270.